The second-order valence-corrected chi connectivity index (χ2v) is 7.41. The van der Waals surface area contributed by atoms with Crippen molar-refractivity contribution in [3.63, 3.8) is 0 Å². The number of nitrogens with zero attached hydrogens (tertiary/aromatic N) is 4. The molecule has 2 aromatic heterocycles. The number of carbonyl (C=O) groups is 1. The summed E-state index contributed by atoms with van der Waals surface area (Å²) in [6.07, 6.45) is 1.88. The molecule has 0 fully saturated rings. The van der Waals surface area contributed by atoms with Gasteiger partial charge in [0.05, 0.1) is 12.2 Å². The van der Waals surface area contributed by atoms with Crippen molar-refractivity contribution in [1.82, 2.24) is 25.3 Å². The van der Waals surface area contributed by atoms with E-state index in [9.17, 15) is 4.79 Å². The van der Waals surface area contributed by atoms with Crippen molar-refractivity contribution >= 4 is 22.5 Å². The molecular weight excluding hydrogens is 360 g/mol. The number of aromatic nitrogens is 4. The molecule has 0 saturated carbocycles. The predicted molar refractivity (Wildman–Crippen MR) is 107 cm³/mol. The zero-order valence-electron chi connectivity index (χ0n) is 15.8. The highest BCUT2D eigenvalue weighted by Crippen LogP contribution is 2.17. The zero-order chi connectivity index (χ0) is 19.2. The van der Waals surface area contributed by atoms with E-state index in [0.717, 1.165) is 34.8 Å². The first-order valence-corrected chi connectivity index (χ1v) is 9.82. The highest BCUT2D eigenvalue weighted by Gasteiger charge is 2.14. The summed E-state index contributed by atoms with van der Waals surface area (Å²) in [6.45, 7) is 7.21. The molecule has 2 heterocycles. The van der Waals surface area contributed by atoms with Crippen LogP contribution in [0.25, 0.3) is 0 Å². The minimum Gasteiger partial charge on any atom is -0.334 e. The minimum absolute atomic E-state index is 0.288. The minimum atomic E-state index is -0.288. The average molecular weight is 385 g/mol. The van der Waals surface area contributed by atoms with Gasteiger partial charge >= 0.3 is 6.03 Å². The van der Waals surface area contributed by atoms with E-state index in [1.54, 1.807) is 0 Å². The molecular formula is C19H24N6OS. The summed E-state index contributed by atoms with van der Waals surface area (Å²) < 4.78 is 1.97. The number of benzene rings is 1. The number of nitrogens with one attached hydrogen (secondary N) is 2. The van der Waals surface area contributed by atoms with Crippen LogP contribution in [0.4, 0.5) is 9.93 Å². The van der Waals surface area contributed by atoms with Gasteiger partial charge in [0.2, 0.25) is 5.13 Å². The molecule has 7 nitrogen and oxygen atoms in total. The fourth-order valence-electron chi connectivity index (χ4n) is 2.83. The van der Waals surface area contributed by atoms with Crippen LogP contribution in [0, 0.1) is 13.8 Å². The van der Waals surface area contributed by atoms with Crippen molar-refractivity contribution in [1.29, 1.82) is 0 Å². The van der Waals surface area contributed by atoms with E-state index in [1.165, 1.54) is 16.9 Å². The molecule has 0 radical (unpaired) electrons. The van der Waals surface area contributed by atoms with E-state index in [2.05, 4.69) is 45.0 Å². The second-order valence-electron chi connectivity index (χ2n) is 6.35. The average Bonchev–Trinajstić information content (AvgIpc) is 3.19. The lowest BCUT2D eigenvalue weighted by atomic mass is 10.2. The Morgan fingerprint density at radius 1 is 1.19 bits per heavy atom. The van der Waals surface area contributed by atoms with Crippen LogP contribution in [0.15, 0.2) is 30.3 Å². The fraction of sp³-hybridized carbons (Fsp3) is 0.368. The molecule has 142 valence electrons. The van der Waals surface area contributed by atoms with E-state index in [1.807, 2.05) is 36.7 Å². The summed E-state index contributed by atoms with van der Waals surface area (Å²) in [5, 5.41) is 19.8. The van der Waals surface area contributed by atoms with Gasteiger partial charge in [-0.1, -0.05) is 48.6 Å². The van der Waals surface area contributed by atoms with Gasteiger partial charge in [-0.2, -0.15) is 5.10 Å². The van der Waals surface area contributed by atoms with Gasteiger partial charge in [-0.3, -0.25) is 10.00 Å². The van der Waals surface area contributed by atoms with Gasteiger partial charge in [-0.25, -0.2) is 4.79 Å². The van der Waals surface area contributed by atoms with Crippen LogP contribution in [-0.2, 0) is 19.5 Å². The van der Waals surface area contributed by atoms with Gasteiger partial charge < -0.3 is 5.32 Å². The van der Waals surface area contributed by atoms with Crippen LogP contribution in [0.3, 0.4) is 0 Å². The standard InChI is InChI=1S/C19H24N6OS/c1-4-8-17-22-23-19(27-17)21-18(26)20-11-16-13(2)24-25(14(16)3)12-15-9-6-5-7-10-15/h5-7,9-10H,4,8,11-12H2,1-3H3,(H2,20,21,23,26). The molecule has 27 heavy (non-hydrogen) atoms. The first kappa shape index (κ1) is 19.0. The number of hydrogen-bond acceptors (Lipinski definition) is 5. The lowest BCUT2D eigenvalue weighted by Gasteiger charge is -2.07. The van der Waals surface area contributed by atoms with Crippen molar-refractivity contribution in [2.75, 3.05) is 5.32 Å². The molecule has 2 amide bonds. The largest absolute Gasteiger partial charge is 0.334 e. The summed E-state index contributed by atoms with van der Waals surface area (Å²) in [4.78, 5) is 12.2. The van der Waals surface area contributed by atoms with Crippen LogP contribution >= 0.6 is 11.3 Å². The van der Waals surface area contributed by atoms with Crippen molar-refractivity contribution in [2.24, 2.45) is 0 Å². The Labute approximate surface area is 162 Å². The Bertz CT molecular complexity index is 902. The molecule has 3 rings (SSSR count). The first-order chi connectivity index (χ1) is 13.1. The Hall–Kier alpha value is -2.74. The maximum atomic E-state index is 12.2. The SMILES string of the molecule is CCCc1nnc(NC(=O)NCc2c(C)nn(Cc3ccccc3)c2C)s1. The van der Waals surface area contributed by atoms with E-state index in [4.69, 9.17) is 0 Å². The van der Waals surface area contributed by atoms with E-state index in [-0.39, 0.29) is 6.03 Å². The molecule has 0 atom stereocenters. The number of anilines is 1. The molecule has 8 heteroatoms. The molecule has 3 aromatic rings. The van der Waals surface area contributed by atoms with Gasteiger partial charge in [-0.15, -0.1) is 10.2 Å². The number of rotatable bonds is 7. The van der Waals surface area contributed by atoms with Gasteiger partial charge in [0.25, 0.3) is 0 Å². The second kappa shape index (κ2) is 8.77. The zero-order valence-corrected chi connectivity index (χ0v) is 16.6. The highest BCUT2D eigenvalue weighted by atomic mass is 32.1. The number of aryl methyl sites for hydroxylation is 2. The molecule has 0 unspecified atom stereocenters. The number of amides is 2. The number of urea groups is 1. The van der Waals surface area contributed by atoms with Crippen LogP contribution in [-0.4, -0.2) is 26.0 Å². The Balaban J connectivity index is 1.59. The van der Waals surface area contributed by atoms with Crippen molar-refractivity contribution in [2.45, 2.75) is 46.7 Å². The van der Waals surface area contributed by atoms with Crippen LogP contribution in [0.1, 0.15) is 40.9 Å². The monoisotopic (exact) mass is 384 g/mol. The van der Waals surface area contributed by atoms with Crippen molar-refractivity contribution in [3.05, 3.63) is 57.9 Å². The maximum absolute atomic E-state index is 12.2. The quantitative estimate of drug-likeness (QED) is 0.651. The third-order valence-electron chi connectivity index (χ3n) is 4.28. The smallest absolute Gasteiger partial charge is 0.321 e. The fourth-order valence-corrected chi connectivity index (χ4v) is 3.67. The van der Waals surface area contributed by atoms with Crippen LogP contribution in [0.5, 0.6) is 0 Å². The molecule has 1 aromatic carbocycles. The third kappa shape index (κ3) is 4.91. The van der Waals surface area contributed by atoms with Crippen LogP contribution in [0.2, 0.25) is 0 Å². The highest BCUT2D eigenvalue weighted by molar-refractivity contribution is 7.15. The van der Waals surface area contributed by atoms with Gasteiger partial charge in [0.1, 0.15) is 5.01 Å². The lowest BCUT2D eigenvalue weighted by Crippen LogP contribution is -2.28. The summed E-state index contributed by atoms with van der Waals surface area (Å²) in [6, 6.07) is 9.92. The number of carbonyl (C=O) groups excluding carboxylic acids is 1. The van der Waals surface area contributed by atoms with E-state index in [0.29, 0.717) is 18.2 Å². The van der Waals surface area contributed by atoms with Gasteiger partial charge in [0.15, 0.2) is 0 Å². The van der Waals surface area contributed by atoms with Crippen molar-refractivity contribution < 1.29 is 4.79 Å². The van der Waals surface area contributed by atoms with Crippen molar-refractivity contribution in [3.8, 4) is 0 Å². The first-order valence-electron chi connectivity index (χ1n) is 9.01. The van der Waals surface area contributed by atoms with Gasteiger partial charge in [0, 0.05) is 24.2 Å². The molecule has 0 aliphatic carbocycles. The Morgan fingerprint density at radius 2 is 1.96 bits per heavy atom. The molecule has 2 N–H and O–H groups in total. The van der Waals surface area contributed by atoms with E-state index < -0.39 is 0 Å². The Kier molecular flexibility index (Phi) is 6.18. The Morgan fingerprint density at radius 3 is 2.70 bits per heavy atom. The summed E-state index contributed by atoms with van der Waals surface area (Å²) in [7, 11) is 0. The van der Waals surface area contributed by atoms with Gasteiger partial charge in [-0.05, 0) is 25.8 Å². The predicted octanol–water partition coefficient (Wildman–Crippen LogP) is 3.67. The molecule has 0 aliphatic rings. The topological polar surface area (TPSA) is 84.7 Å². The third-order valence-corrected chi connectivity index (χ3v) is 5.18. The summed E-state index contributed by atoms with van der Waals surface area (Å²) in [5.41, 5.74) is 4.20. The van der Waals surface area contributed by atoms with Crippen LogP contribution < -0.4 is 10.6 Å². The normalized spacial score (nSPS) is 10.8. The molecule has 0 spiro atoms. The molecule has 0 aliphatic heterocycles. The molecule has 0 saturated heterocycles. The maximum Gasteiger partial charge on any atom is 0.321 e. The summed E-state index contributed by atoms with van der Waals surface area (Å²) >= 11 is 1.41. The molecule has 0 bridgehead atoms. The lowest BCUT2D eigenvalue weighted by molar-refractivity contribution is 0.251. The number of hydrogen-bond donors (Lipinski definition) is 2. The van der Waals surface area contributed by atoms with E-state index >= 15 is 0 Å². The summed E-state index contributed by atoms with van der Waals surface area (Å²) in [5.74, 6) is 0.